The summed E-state index contributed by atoms with van der Waals surface area (Å²) in [6, 6.07) is 9.55. The van der Waals surface area contributed by atoms with Crippen LogP contribution in [0.1, 0.15) is 17.5 Å². The summed E-state index contributed by atoms with van der Waals surface area (Å²) >= 11 is 0. The van der Waals surface area contributed by atoms with E-state index >= 15 is 0 Å². The van der Waals surface area contributed by atoms with Gasteiger partial charge in [-0.15, -0.1) is 0 Å². The van der Waals surface area contributed by atoms with Crippen LogP contribution in [0.3, 0.4) is 0 Å². The standard InChI is InChI=1S/C17H15F3N2O/c18-13-4-1-11(2-5-13)17-8-15(23-22-17)10-21-9-12-3-6-14(19)7-16(12)20/h1-7,15,21H,8-10H2/t15-/m1/s1. The van der Waals surface area contributed by atoms with Crippen molar-refractivity contribution < 1.29 is 18.0 Å². The second kappa shape index (κ2) is 6.83. The van der Waals surface area contributed by atoms with Crippen LogP contribution in [-0.4, -0.2) is 18.4 Å². The molecule has 0 aromatic heterocycles. The minimum Gasteiger partial charge on any atom is -0.390 e. The Balaban J connectivity index is 1.49. The zero-order chi connectivity index (χ0) is 16.2. The number of rotatable bonds is 5. The van der Waals surface area contributed by atoms with E-state index in [2.05, 4.69) is 10.5 Å². The fourth-order valence-electron chi connectivity index (χ4n) is 2.38. The van der Waals surface area contributed by atoms with Gasteiger partial charge < -0.3 is 10.2 Å². The minimum atomic E-state index is -0.595. The van der Waals surface area contributed by atoms with Crippen molar-refractivity contribution in [3.05, 3.63) is 71.0 Å². The number of nitrogens with zero attached hydrogens (tertiary/aromatic N) is 1. The van der Waals surface area contributed by atoms with Gasteiger partial charge >= 0.3 is 0 Å². The number of hydrogen-bond acceptors (Lipinski definition) is 3. The topological polar surface area (TPSA) is 33.6 Å². The molecule has 0 spiro atoms. The number of nitrogens with one attached hydrogen (secondary N) is 1. The summed E-state index contributed by atoms with van der Waals surface area (Å²) in [7, 11) is 0. The molecule has 3 nitrogen and oxygen atoms in total. The molecular formula is C17H15F3N2O. The molecule has 0 amide bonds. The van der Waals surface area contributed by atoms with Gasteiger partial charge in [0.15, 0.2) is 0 Å². The van der Waals surface area contributed by atoms with Crippen LogP contribution in [0.2, 0.25) is 0 Å². The molecule has 120 valence electrons. The molecule has 23 heavy (non-hydrogen) atoms. The summed E-state index contributed by atoms with van der Waals surface area (Å²) in [5, 5.41) is 7.07. The molecule has 2 aromatic carbocycles. The molecule has 0 unspecified atom stereocenters. The highest BCUT2D eigenvalue weighted by Gasteiger charge is 2.21. The molecule has 3 rings (SSSR count). The van der Waals surface area contributed by atoms with Crippen LogP contribution in [0.15, 0.2) is 47.6 Å². The molecule has 6 heteroatoms. The third-order valence-corrected chi connectivity index (χ3v) is 3.61. The zero-order valence-electron chi connectivity index (χ0n) is 12.2. The summed E-state index contributed by atoms with van der Waals surface area (Å²) in [6.45, 7) is 0.753. The smallest absolute Gasteiger partial charge is 0.145 e. The average Bonchev–Trinajstić information content (AvgIpc) is 2.99. The summed E-state index contributed by atoms with van der Waals surface area (Å²) in [4.78, 5) is 5.32. The molecule has 0 bridgehead atoms. The van der Waals surface area contributed by atoms with Crippen molar-refractivity contribution >= 4 is 5.71 Å². The lowest BCUT2D eigenvalue weighted by Crippen LogP contribution is -2.27. The highest BCUT2D eigenvalue weighted by Crippen LogP contribution is 2.17. The van der Waals surface area contributed by atoms with Crippen molar-refractivity contribution in [2.75, 3.05) is 6.54 Å². The Labute approximate surface area is 131 Å². The first-order valence-corrected chi connectivity index (χ1v) is 7.25. The van der Waals surface area contributed by atoms with Crippen molar-refractivity contribution in [2.45, 2.75) is 19.1 Å². The average molecular weight is 320 g/mol. The second-order valence-corrected chi connectivity index (χ2v) is 5.34. The third-order valence-electron chi connectivity index (χ3n) is 3.61. The van der Waals surface area contributed by atoms with Crippen LogP contribution < -0.4 is 5.32 Å². The van der Waals surface area contributed by atoms with Gasteiger partial charge in [-0.2, -0.15) is 0 Å². The Morgan fingerprint density at radius 3 is 2.52 bits per heavy atom. The molecular weight excluding hydrogens is 305 g/mol. The first-order valence-electron chi connectivity index (χ1n) is 7.25. The Hall–Kier alpha value is -2.34. The first kappa shape index (κ1) is 15.6. The van der Waals surface area contributed by atoms with E-state index in [4.69, 9.17) is 4.84 Å². The molecule has 2 aromatic rings. The molecule has 0 saturated heterocycles. The van der Waals surface area contributed by atoms with Crippen LogP contribution in [-0.2, 0) is 11.4 Å². The maximum Gasteiger partial charge on any atom is 0.145 e. The molecule has 0 fully saturated rings. The predicted molar refractivity (Wildman–Crippen MR) is 80.5 cm³/mol. The van der Waals surface area contributed by atoms with E-state index in [-0.39, 0.29) is 18.5 Å². The largest absolute Gasteiger partial charge is 0.390 e. The SMILES string of the molecule is Fc1ccc(C2=NO[C@@H](CNCc3ccc(F)cc3F)C2)cc1. The lowest BCUT2D eigenvalue weighted by atomic mass is 10.0. The molecule has 0 saturated carbocycles. The van der Waals surface area contributed by atoms with E-state index in [1.165, 1.54) is 24.3 Å². The van der Waals surface area contributed by atoms with Crippen molar-refractivity contribution in [2.24, 2.45) is 5.16 Å². The van der Waals surface area contributed by atoms with E-state index in [9.17, 15) is 13.2 Å². The Bertz CT molecular complexity index is 716. The zero-order valence-corrected chi connectivity index (χ0v) is 12.2. The molecule has 1 atom stereocenters. The van der Waals surface area contributed by atoms with E-state index in [0.717, 1.165) is 17.3 Å². The highest BCUT2D eigenvalue weighted by atomic mass is 19.1. The Morgan fingerprint density at radius 2 is 1.78 bits per heavy atom. The van der Waals surface area contributed by atoms with Gasteiger partial charge in [-0.1, -0.05) is 23.4 Å². The molecule has 0 aliphatic carbocycles. The van der Waals surface area contributed by atoms with Crippen molar-refractivity contribution in [1.29, 1.82) is 0 Å². The van der Waals surface area contributed by atoms with Gasteiger partial charge in [-0.3, -0.25) is 0 Å². The maximum atomic E-state index is 13.5. The molecule has 1 aliphatic heterocycles. The molecule has 1 aliphatic rings. The first-order chi connectivity index (χ1) is 11.1. The molecule has 0 radical (unpaired) electrons. The summed E-state index contributed by atoms with van der Waals surface area (Å²) in [5.74, 6) is -1.47. The van der Waals surface area contributed by atoms with Gasteiger partial charge in [-0.25, -0.2) is 13.2 Å². The summed E-state index contributed by atoms with van der Waals surface area (Å²) in [6.07, 6.45) is 0.420. The van der Waals surface area contributed by atoms with Crippen LogP contribution in [0, 0.1) is 17.5 Å². The number of halogens is 3. The fourth-order valence-corrected chi connectivity index (χ4v) is 2.38. The monoisotopic (exact) mass is 320 g/mol. The van der Waals surface area contributed by atoms with Crippen molar-refractivity contribution in [3.8, 4) is 0 Å². The van der Waals surface area contributed by atoms with Gasteiger partial charge in [0, 0.05) is 31.1 Å². The summed E-state index contributed by atoms with van der Waals surface area (Å²) < 4.78 is 39.2. The normalized spacial score (nSPS) is 17.0. The summed E-state index contributed by atoms with van der Waals surface area (Å²) in [5.41, 5.74) is 1.97. The van der Waals surface area contributed by atoms with Crippen LogP contribution >= 0.6 is 0 Å². The van der Waals surface area contributed by atoms with Gasteiger partial charge in [0.05, 0.1) is 5.71 Å². The van der Waals surface area contributed by atoms with Gasteiger partial charge in [0.25, 0.3) is 0 Å². The number of hydrogen-bond donors (Lipinski definition) is 1. The second-order valence-electron chi connectivity index (χ2n) is 5.34. The lowest BCUT2D eigenvalue weighted by molar-refractivity contribution is 0.0848. The quantitative estimate of drug-likeness (QED) is 0.916. The number of oxime groups is 1. The fraction of sp³-hybridized carbons (Fsp3) is 0.235. The van der Waals surface area contributed by atoms with Crippen LogP contribution in [0.5, 0.6) is 0 Å². The minimum absolute atomic E-state index is 0.168. The van der Waals surface area contributed by atoms with Crippen molar-refractivity contribution in [1.82, 2.24) is 5.32 Å². The third kappa shape index (κ3) is 3.90. The van der Waals surface area contributed by atoms with Gasteiger partial charge in [-0.05, 0) is 23.8 Å². The number of benzene rings is 2. The van der Waals surface area contributed by atoms with Gasteiger partial charge in [0.1, 0.15) is 23.6 Å². The highest BCUT2D eigenvalue weighted by molar-refractivity contribution is 6.01. The predicted octanol–water partition coefficient (Wildman–Crippen LogP) is 3.39. The molecule has 1 N–H and O–H groups in total. The Kier molecular flexibility index (Phi) is 4.62. The van der Waals surface area contributed by atoms with Crippen LogP contribution in [0.4, 0.5) is 13.2 Å². The lowest BCUT2D eigenvalue weighted by Gasteiger charge is -2.10. The van der Waals surface area contributed by atoms with Crippen molar-refractivity contribution in [3.63, 3.8) is 0 Å². The van der Waals surface area contributed by atoms with E-state index < -0.39 is 11.6 Å². The van der Waals surface area contributed by atoms with E-state index in [1.807, 2.05) is 0 Å². The van der Waals surface area contributed by atoms with Gasteiger partial charge in [0.2, 0.25) is 0 Å². The van der Waals surface area contributed by atoms with E-state index in [1.54, 1.807) is 12.1 Å². The van der Waals surface area contributed by atoms with E-state index in [0.29, 0.717) is 18.5 Å². The molecule has 1 heterocycles. The maximum absolute atomic E-state index is 13.5. The van der Waals surface area contributed by atoms with Crippen LogP contribution in [0.25, 0.3) is 0 Å². The Morgan fingerprint density at radius 1 is 1.04 bits per heavy atom.